The molecule has 0 bridgehead atoms. The molecule has 1 atom stereocenters. The molecule has 3 heterocycles. The van der Waals surface area contributed by atoms with Crippen LogP contribution in [0.2, 0.25) is 0 Å². The van der Waals surface area contributed by atoms with Crippen molar-refractivity contribution in [3.63, 3.8) is 0 Å². The van der Waals surface area contributed by atoms with E-state index in [0.29, 0.717) is 25.5 Å². The second-order valence-corrected chi connectivity index (χ2v) is 8.47. The second kappa shape index (κ2) is 10.5. The fraction of sp³-hybridized carbons (Fsp3) is 0.478. The van der Waals surface area contributed by atoms with Crippen molar-refractivity contribution in [3.05, 3.63) is 53.5 Å². The van der Waals surface area contributed by atoms with E-state index in [1.807, 2.05) is 6.07 Å². The normalized spacial score (nSPS) is 18.0. The molecular formula is C23H30N6O3. The first-order valence-electron chi connectivity index (χ1n) is 11.1. The van der Waals surface area contributed by atoms with Gasteiger partial charge in [-0.3, -0.25) is 14.5 Å². The number of nitrogens with one attached hydrogen (secondary N) is 2. The molecule has 1 aromatic carbocycles. The third-order valence-corrected chi connectivity index (χ3v) is 6.11. The molecule has 1 saturated heterocycles. The number of amides is 2. The van der Waals surface area contributed by atoms with Gasteiger partial charge in [-0.1, -0.05) is 24.3 Å². The Kier molecular flexibility index (Phi) is 7.28. The van der Waals surface area contributed by atoms with Gasteiger partial charge in [0.25, 0.3) is 5.91 Å². The highest BCUT2D eigenvalue weighted by Gasteiger charge is 2.20. The van der Waals surface area contributed by atoms with Crippen LogP contribution in [0.15, 0.2) is 36.7 Å². The van der Waals surface area contributed by atoms with E-state index in [0.717, 1.165) is 38.8 Å². The van der Waals surface area contributed by atoms with E-state index in [4.69, 9.17) is 0 Å². The van der Waals surface area contributed by atoms with Crippen molar-refractivity contribution in [3.8, 4) is 0 Å². The minimum atomic E-state index is -0.661. The number of aliphatic hydroxyl groups excluding tert-OH is 1. The summed E-state index contributed by atoms with van der Waals surface area (Å²) < 4.78 is 0. The molecule has 32 heavy (non-hydrogen) atoms. The van der Waals surface area contributed by atoms with Crippen LogP contribution in [0.3, 0.4) is 0 Å². The van der Waals surface area contributed by atoms with Crippen molar-refractivity contribution in [2.45, 2.75) is 38.0 Å². The van der Waals surface area contributed by atoms with E-state index in [2.05, 4.69) is 43.7 Å². The number of aromatic nitrogens is 2. The molecule has 1 fully saturated rings. The Morgan fingerprint density at radius 2 is 1.97 bits per heavy atom. The summed E-state index contributed by atoms with van der Waals surface area (Å²) in [4.78, 5) is 35.6. The van der Waals surface area contributed by atoms with Gasteiger partial charge >= 0.3 is 0 Å². The van der Waals surface area contributed by atoms with E-state index < -0.39 is 6.10 Å². The minimum Gasteiger partial charge on any atom is -0.390 e. The van der Waals surface area contributed by atoms with Crippen LogP contribution < -0.4 is 10.6 Å². The van der Waals surface area contributed by atoms with Crippen molar-refractivity contribution in [2.24, 2.45) is 0 Å². The summed E-state index contributed by atoms with van der Waals surface area (Å²) in [6.07, 6.45) is 4.21. The summed E-state index contributed by atoms with van der Waals surface area (Å²) in [5, 5.41) is 16.5. The third kappa shape index (κ3) is 5.80. The lowest BCUT2D eigenvalue weighted by atomic mass is 10.00. The molecule has 0 saturated carbocycles. The number of β-amino-alcohol motifs (C(OH)–C–C–N with tert-alkyl or cyclic N) is 1. The number of hydrogen-bond donors (Lipinski definition) is 3. The molecule has 1 unspecified atom stereocenters. The van der Waals surface area contributed by atoms with E-state index in [1.165, 1.54) is 17.5 Å². The molecule has 3 N–H and O–H groups in total. The van der Waals surface area contributed by atoms with Gasteiger partial charge in [0.2, 0.25) is 6.41 Å². The van der Waals surface area contributed by atoms with Crippen LogP contribution in [-0.4, -0.2) is 82.1 Å². The zero-order valence-electron chi connectivity index (χ0n) is 18.1. The van der Waals surface area contributed by atoms with Crippen LogP contribution in [0.1, 0.15) is 34.5 Å². The summed E-state index contributed by atoms with van der Waals surface area (Å²) in [7, 11) is 0. The van der Waals surface area contributed by atoms with Crippen LogP contribution in [0.5, 0.6) is 0 Å². The quantitative estimate of drug-likeness (QED) is 0.519. The number of hydrogen-bond acceptors (Lipinski definition) is 7. The van der Waals surface area contributed by atoms with E-state index in [1.54, 1.807) is 11.0 Å². The number of aliphatic hydroxyl groups is 1. The molecule has 2 amide bonds. The van der Waals surface area contributed by atoms with Gasteiger partial charge in [0, 0.05) is 51.4 Å². The van der Waals surface area contributed by atoms with Gasteiger partial charge in [-0.25, -0.2) is 9.97 Å². The first-order valence-corrected chi connectivity index (χ1v) is 11.1. The monoisotopic (exact) mass is 438 g/mol. The topological polar surface area (TPSA) is 111 Å². The van der Waals surface area contributed by atoms with Gasteiger partial charge in [-0.2, -0.15) is 0 Å². The van der Waals surface area contributed by atoms with Gasteiger partial charge in [-0.15, -0.1) is 0 Å². The number of carbonyl (C=O) groups is 2. The molecule has 9 heteroatoms. The number of benzene rings is 1. The number of likely N-dealkylation sites (tertiary alicyclic amines) is 1. The summed E-state index contributed by atoms with van der Waals surface area (Å²) >= 11 is 0. The van der Waals surface area contributed by atoms with Crippen molar-refractivity contribution >= 4 is 18.1 Å². The van der Waals surface area contributed by atoms with Gasteiger partial charge < -0.3 is 20.6 Å². The van der Waals surface area contributed by atoms with Gasteiger partial charge in [0.1, 0.15) is 17.8 Å². The fourth-order valence-corrected chi connectivity index (χ4v) is 4.29. The van der Waals surface area contributed by atoms with E-state index >= 15 is 0 Å². The number of fused-ring (bicyclic) bond motifs is 1. The lowest BCUT2D eigenvalue weighted by Gasteiger charge is -2.30. The first-order chi connectivity index (χ1) is 15.6. The molecule has 2 aliphatic rings. The molecule has 2 aromatic rings. The van der Waals surface area contributed by atoms with Gasteiger partial charge in [0.15, 0.2) is 0 Å². The van der Waals surface area contributed by atoms with Crippen LogP contribution in [0.25, 0.3) is 0 Å². The maximum absolute atomic E-state index is 12.5. The average molecular weight is 439 g/mol. The number of rotatable bonds is 8. The Hall–Kier alpha value is -3.04. The zero-order chi connectivity index (χ0) is 22.3. The summed E-state index contributed by atoms with van der Waals surface area (Å²) in [5.41, 5.74) is 2.92. The fourth-order valence-electron chi connectivity index (χ4n) is 4.29. The average Bonchev–Trinajstić information content (AvgIpc) is 2.83. The third-order valence-electron chi connectivity index (χ3n) is 6.11. The highest BCUT2D eigenvalue weighted by Crippen LogP contribution is 2.18. The lowest BCUT2D eigenvalue weighted by molar-refractivity contribution is -0.118. The Morgan fingerprint density at radius 1 is 1.19 bits per heavy atom. The number of piperidine rings is 1. The largest absolute Gasteiger partial charge is 0.390 e. The summed E-state index contributed by atoms with van der Waals surface area (Å²) in [6.45, 7) is 3.79. The van der Waals surface area contributed by atoms with Crippen molar-refractivity contribution in [1.82, 2.24) is 25.1 Å². The Balaban J connectivity index is 1.23. The molecule has 0 radical (unpaired) electrons. The standard InChI is InChI=1S/C23H30N6O3/c30-16-28-9-6-19(7-10-28)27-22-11-21(25-15-26-22)23(32)24-12-20(31)14-29-8-5-17-3-1-2-4-18(17)13-29/h1-4,11,15-16,19-20,31H,5-10,12-14H2,(H,24,32)(H,25,26,27). The van der Waals surface area contributed by atoms with Crippen molar-refractivity contribution < 1.29 is 14.7 Å². The molecule has 170 valence electrons. The van der Waals surface area contributed by atoms with Crippen LogP contribution in [0.4, 0.5) is 5.82 Å². The van der Waals surface area contributed by atoms with Crippen LogP contribution >= 0.6 is 0 Å². The predicted molar refractivity (Wildman–Crippen MR) is 120 cm³/mol. The van der Waals surface area contributed by atoms with Crippen LogP contribution in [0, 0.1) is 0 Å². The maximum atomic E-state index is 12.5. The van der Waals surface area contributed by atoms with Crippen molar-refractivity contribution in [2.75, 3.05) is 38.0 Å². The molecule has 2 aliphatic heterocycles. The smallest absolute Gasteiger partial charge is 0.270 e. The van der Waals surface area contributed by atoms with E-state index in [-0.39, 0.29) is 24.2 Å². The first kappa shape index (κ1) is 22.2. The molecular weight excluding hydrogens is 408 g/mol. The lowest BCUT2D eigenvalue weighted by Crippen LogP contribution is -2.42. The number of anilines is 1. The maximum Gasteiger partial charge on any atom is 0.270 e. The SMILES string of the molecule is O=CN1CCC(Nc2cc(C(=O)NCC(O)CN3CCc4ccccc4C3)ncn2)CC1. The zero-order valence-corrected chi connectivity index (χ0v) is 18.1. The minimum absolute atomic E-state index is 0.161. The Labute approximate surface area is 187 Å². The number of carbonyl (C=O) groups excluding carboxylic acids is 2. The molecule has 1 aromatic heterocycles. The Morgan fingerprint density at radius 3 is 2.75 bits per heavy atom. The second-order valence-electron chi connectivity index (χ2n) is 8.47. The Bertz CT molecular complexity index is 931. The molecule has 9 nitrogen and oxygen atoms in total. The van der Waals surface area contributed by atoms with E-state index in [9.17, 15) is 14.7 Å². The van der Waals surface area contributed by atoms with Crippen molar-refractivity contribution in [1.29, 1.82) is 0 Å². The predicted octanol–water partition coefficient (Wildman–Crippen LogP) is 0.658. The van der Waals surface area contributed by atoms with Gasteiger partial charge in [-0.05, 0) is 30.4 Å². The molecule has 0 spiro atoms. The molecule has 0 aliphatic carbocycles. The highest BCUT2D eigenvalue weighted by atomic mass is 16.3. The van der Waals surface area contributed by atoms with Gasteiger partial charge in [0.05, 0.1) is 6.10 Å². The van der Waals surface area contributed by atoms with Crippen LogP contribution in [-0.2, 0) is 17.8 Å². The number of nitrogens with zero attached hydrogens (tertiary/aromatic N) is 4. The summed E-state index contributed by atoms with van der Waals surface area (Å²) in [6, 6.07) is 10.2. The molecule has 4 rings (SSSR count). The highest BCUT2D eigenvalue weighted by molar-refractivity contribution is 5.92. The summed E-state index contributed by atoms with van der Waals surface area (Å²) in [5.74, 6) is 0.247.